The summed E-state index contributed by atoms with van der Waals surface area (Å²) in [5, 5.41) is 3.17. The Morgan fingerprint density at radius 3 is 2.67 bits per heavy atom. The highest BCUT2D eigenvalue weighted by Gasteiger charge is 2.34. The van der Waals surface area contributed by atoms with Crippen molar-refractivity contribution in [2.24, 2.45) is 5.92 Å². The van der Waals surface area contributed by atoms with E-state index >= 15 is 0 Å². The van der Waals surface area contributed by atoms with Crippen LogP contribution in [-0.2, 0) is 4.74 Å². The van der Waals surface area contributed by atoms with E-state index in [1.807, 2.05) is 0 Å². The number of nitrogens with one attached hydrogen (secondary N) is 1. The molecule has 0 aliphatic heterocycles. The zero-order chi connectivity index (χ0) is 15.5. The molecule has 6 heteroatoms. The molecule has 0 saturated heterocycles. The molecule has 1 saturated carbocycles. The minimum atomic E-state index is -2.50. The van der Waals surface area contributed by atoms with Gasteiger partial charge in [0.05, 0.1) is 24.0 Å². The maximum absolute atomic E-state index is 13.1. The van der Waals surface area contributed by atoms with Crippen LogP contribution >= 0.6 is 0 Å². The molecule has 1 aromatic carbocycles. The lowest BCUT2D eigenvalue weighted by Gasteiger charge is -2.28. The molecule has 0 atom stereocenters. The van der Waals surface area contributed by atoms with E-state index in [0.717, 1.165) is 0 Å². The summed E-state index contributed by atoms with van der Waals surface area (Å²) in [5.41, 5.74) is 7.42. The van der Waals surface area contributed by atoms with Gasteiger partial charge >= 0.3 is 5.97 Å². The average molecular weight is 298 g/mol. The fraction of sp³-hybridized carbons (Fsp3) is 0.533. The fourth-order valence-corrected chi connectivity index (χ4v) is 2.53. The van der Waals surface area contributed by atoms with E-state index in [0.29, 0.717) is 36.3 Å². The van der Waals surface area contributed by atoms with Gasteiger partial charge in [0.2, 0.25) is 5.92 Å². The Balaban J connectivity index is 1.90. The summed E-state index contributed by atoms with van der Waals surface area (Å²) < 4.78 is 30.8. The second-order valence-corrected chi connectivity index (χ2v) is 5.47. The van der Waals surface area contributed by atoms with Gasteiger partial charge in [0.15, 0.2) is 0 Å². The summed E-state index contributed by atoms with van der Waals surface area (Å²) in [4.78, 5) is 11.4. The van der Waals surface area contributed by atoms with Crippen molar-refractivity contribution in [3.8, 4) is 0 Å². The largest absolute Gasteiger partial charge is 0.465 e. The third-order valence-electron chi connectivity index (χ3n) is 3.89. The lowest BCUT2D eigenvalue weighted by Crippen LogP contribution is -2.28. The Hall–Kier alpha value is -1.85. The van der Waals surface area contributed by atoms with Crippen molar-refractivity contribution in [2.75, 3.05) is 24.7 Å². The summed E-state index contributed by atoms with van der Waals surface area (Å²) in [6.07, 6.45) is 0.937. The van der Waals surface area contributed by atoms with Gasteiger partial charge in [0.1, 0.15) is 0 Å². The zero-order valence-corrected chi connectivity index (χ0v) is 12.0. The maximum atomic E-state index is 13.1. The molecule has 21 heavy (non-hydrogen) atoms. The van der Waals surface area contributed by atoms with Gasteiger partial charge in [-0.3, -0.25) is 0 Å². The monoisotopic (exact) mass is 298 g/mol. The predicted octanol–water partition coefficient (Wildman–Crippen LogP) is 3.29. The van der Waals surface area contributed by atoms with Gasteiger partial charge in [-0.05, 0) is 37.0 Å². The highest BCUT2D eigenvalue weighted by molar-refractivity contribution is 5.91. The number of nitrogen functional groups attached to an aromatic ring is 1. The van der Waals surface area contributed by atoms with Gasteiger partial charge in [-0.15, -0.1) is 0 Å². The van der Waals surface area contributed by atoms with Crippen LogP contribution in [0.3, 0.4) is 0 Å². The Morgan fingerprint density at radius 2 is 2.10 bits per heavy atom. The van der Waals surface area contributed by atoms with E-state index in [9.17, 15) is 13.6 Å². The second-order valence-electron chi connectivity index (χ2n) is 5.47. The first-order valence-electron chi connectivity index (χ1n) is 7.01. The van der Waals surface area contributed by atoms with Crippen molar-refractivity contribution in [3.05, 3.63) is 23.8 Å². The van der Waals surface area contributed by atoms with Gasteiger partial charge < -0.3 is 15.8 Å². The van der Waals surface area contributed by atoms with Gasteiger partial charge in [0, 0.05) is 19.4 Å². The first-order chi connectivity index (χ1) is 9.91. The third kappa shape index (κ3) is 4.06. The van der Waals surface area contributed by atoms with Crippen LogP contribution in [0.5, 0.6) is 0 Å². The Labute approximate surface area is 122 Å². The van der Waals surface area contributed by atoms with Gasteiger partial charge in [-0.2, -0.15) is 0 Å². The van der Waals surface area contributed by atoms with Gasteiger partial charge in [-0.25, -0.2) is 13.6 Å². The Bertz CT molecular complexity index is 510. The molecule has 0 unspecified atom stereocenters. The van der Waals surface area contributed by atoms with E-state index in [-0.39, 0.29) is 18.8 Å². The zero-order valence-electron chi connectivity index (χ0n) is 12.0. The SMILES string of the molecule is COC(=O)c1ccc(NCC2CCC(F)(F)CC2)c(N)c1. The topological polar surface area (TPSA) is 64.3 Å². The molecule has 116 valence electrons. The summed E-state index contributed by atoms with van der Waals surface area (Å²) in [6, 6.07) is 4.88. The number of hydrogen-bond donors (Lipinski definition) is 2. The summed E-state index contributed by atoms with van der Waals surface area (Å²) in [7, 11) is 1.31. The van der Waals surface area contributed by atoms with E-state index < -0.39 is 11.9 Å². The number of anilines is 2. The van der Waals surface area contributed by atoms with Crippen LogP contribution in [0.25, 0.3) is 0 Å². The van der Waals surface area contributed by atoms with E-state index in [1.165, 1.54) is 7.11 Å². The van der Waals surface area contributed by atoms with Crippen LogP contribution in [0.15, 0.2) is 18.2 Å². The number of rotatable bonds is 4. The molecule has 3 N–H and O–H groups in total. The maximum Gasteiger partial charge on any atom is 0.337 e. The van der Waals surface area contributed by atoms with Crippen LogP contribution in [-0.4, -0.2) is 25.5 Å². The number of alkyl halides is 2. The molecular formula is C15H20F2N2O2. The highest BCUT2D eigenvalue weighted by Crippen LogP contribution is 2.36. The lowest BCUT2D eigenvalue weighted by molar-refractivity contribution is -0.0443. The number of methoxy groups -OCH3 is 1. The minimum absolute atomic E-state index is 0.0455. The van der Waals surface area contributed by atoms with E-state index in [2.05, 4.69) is 10.1 Å². The lowest BCUT2D eigenvalue weighted by atomic mass is 9.87. The number of hydrogen-bond acceptors (Lipinski definition) is 4. The molecule has 0 radical (unpaired) electrons. The summed E-state index contributed by atoms with van der Waals surface area (Å²) >= 11 is 0. The molecular weight excluding hydrogens is 278 g/mol. The number of esters is 1. The Morgan fingerprint density at radius 1 is 1.43 bits per heavy atom. The van der Waals surface area contributed by atoms with Crippen LogP contribution < -0.4 is 11.1 Å². The Kier molecular flexibility index (Phi) is 4.65. The number of benzene rings is 1. The molecule has 0 aromatic heterocycles. The summed E-state index contributed by atoms with van der Waals surface area (Å²) in [6.45, 7) is 0.609. The molecule has 1 aromatic rings. The van der Waals surface area contributed by atoms with Crippen molar-refractivity contribution in [3.63, 3.8) is 0 Å². The molecule has 2 rings (SSSR count). The smallest absolute Gasteiger partial charge is 0.337 e. The average Bonchev–Trinajstić information content (AvgIpc) is 2.46. The van der Waals surface area contributed by atoms with Crippen molar-refractivity contribution in [1.29, 1.82) is 0 Å². The van der Waals surface area contributed by atoms with Crippen LogP contribution in [0.1, 0.15) is 36.0 Å². The molecule has 4 nitrogen and oxygen atoms in total. The number of ether oxygens (including phenoxy) is 1. The van der Waals surface area contributed by atoms with Crippen molar-refractivity contribution in [2.45, 2.75) is 31.6 Å². The van der Waals surface area contributed by atoms with Crippen LogP contribution in [0, 0.1) is 5.92 Å². The normalized spacial score (nSPS) is 18.2. The van der Waals surface area contributed by atoms with E-state index in [1.54, 1.807) is 18.2 Å². The van der Waals surface area contributed by atoms with Crippen molar-refractivity contribution >= 4 is 17.3 Å². The van der Waals surface area contributed by atoms with Gasteiger partial charge in [0.25, 0.3) is 0 Å². The molecule has 1 fully saturated rings. The standard InChI is InChI=1S/C15H20F2N2O2/c1-21-14(20)11-2-3-13(12(18)8-11)19-9-10-4-6-15(16,17)7-5-10/h2-3,8,10,19H,4-7,9,18H2,1H3. The predicted molar refractivity (Wildman–Crippen MR) is 77.6 cm³/mol. The van der Waals surface area contributed by atoms with Crippen molar-refractivity contribution < 1.29 is 18.3 Å². The molecule has 0 bridgehead atoms. The van der Waals surface area contributed by atoms with Gasteiger partial charge in [-0.1, -0.05) is 0 Å². The number of nitrogens with two attached hydrogens (primary N) is 1. The molecule has 0 heterocycles. The second kappa shape index (κ2) is 6.28. The first-order valence-corrected chi connectivity index (χ1v) is 7.01. The fourth-order valence-electron chi connectivity index (χ4n) is 2.53. The van der Waals surface area contributed by atoms with Crippen LogP contribution in [0.4, 0.5) is 20.2 Å². The molecule has 0 spiro atoms. The molecule has 0 amide bonds. The van der Waals surface area contributed by atoms with E-state index in [4.69, 9.17) is 5.73 Å². The summed E-state index contributed by atoms with van der Waals surface area (Å²) in [5.74, 6) is -2.72. The van der Waals surface area contributed by atoms with Crippen molar-refractivity contribution in [1.82, 2.24) is 0 Å². The minimum Gasteiger partial charge on any atom is -0.465 e. The first kappa shape index (κ1) is 15.5. The number of halogens is 2. The van der Waals surface area contributed by atoms with Crippen LogP contribution in [0.2, 0.25) is 0 Å². The highest BCUT2D eigenvalue weighted by atomic mass is 19.3. The molecule has 1 aliphatic rings. The third-order valence-corrected chi connectivity index (χ3v) is 3.89. The quantitative estimate of drug-likeness (QED) is 0.661. The molecule has 1 aliphatic carbocycles. The number of carbonyl (C=O) groups is 1. The number of carbonyl (C=O) groups excluding carboxylic acids is 1.